The molecule has 4 nitrogen and oxygen atoms in total. The van der Waals surface area contributed by atoms with Crippen molar-refractivity contribution in [2.75, 3.05) is 11.9 Å². The van der Waals surface area contributed by atoms with Gasteiger partial charge < -0.3 is 14.6 Å². The summed E-state index contributed by atoms with van der Waals surface area (Å²) in [5, 5.41) is 3.58. The van der Waals surface area contributed by atoms with E-state index in [-0.39, 0.29) is 5.60 Å². The number of rotatable bonds is 3. The Morgan fingerprint density at radius 3 is 2.83 bits per heavy atom. The summed E-state index contributed by atoms with van der Waals surface area (Å²) < 4.78 is 7.96. The molecular formula is C14H25N3O. The first kappa shape index (κ1) is 13.4. The second-order valence-corrected chi connectivity index (χ2v) is 6.15. The van der Waals surface area contributed by atoms with Gasteiger partial charge in [0.1, 0.15) is 0 Å². The molecule has 1 aliphatic heterocycles. The molecule has 2 rings (SSSR count). The largest absolute Gasteiger partial charge is 0.375 e. The van der Waals surface area contributed by atoms with E-state index >= 15 is 0 Å². The molecule has 4 heteroatoms. The van der Waals surface area contributed by atoms with Gasteiger partial charge in [-0.15, -0.1) is 0 Å². The number of ether oxygens (including phenoxy) is 1. The van der Waals surface area contributed by atoms with E-state index in [1.54, 1.807) is 0 Å². The van der Waals surface area contributed by atoms with E-state index in [1.165, 1.54) is 0 Å². The molecule has 1 fully saturated rings. The second kappa shape index (κ2) is 4.92. The van der Waals surface area contributed by atoms with Crippen LogP contribution in [0.4, 0.5) is 5.95 Å². The van der Waals surface area contributed by atoms with Crippen LogP contribution in [0.25, 0.3) is 0 Å². The lowest BCUT2D eigenvalue weighted by atomic mass is 9.94. The monoisotopic (exact) mass is 251 g/mol. The lowest BCUT2D eigenvalue weighted by molar-refractivity contribution is -0.0554. The van der Waals surface area contributed by atoms with Crippen LogP contribution >= 0.6 is 0 Å². The summed E-state index contributed by atoms with van der Waals surface area (Å²) in [6.07, 6.45) is 4.18. The van der Waals surface area contributed by atoms with Gasteiger partial charge in [0, 0.05) is 24.9 Å². The molecule has 0 amide bonds. The first-order valence-electron chi connectivity index (χ1n) is 6.83. The maximum absolute atomic E-state index is 5.75. The molecule has 0 bridgehead atoms. The van der Waals surface area contributed by atoms with Gasteiger partial charge in [0.2, 0.25) is 5.95 Å². The molecular weight excluding hydrogens is 226 g/mol. The van der Waals surface area contributed by atoms with Gasteiger partial charge in [0.25, 0.3) is 0 Å². The predicted molar refractivity (Wildman–Crippen MR) is 74.0 cm³/mol. The van der Waals surface area contributed by atoms with Crippen molar-refractivity contribution in [3.63, 3.8) is 0 Å². The van der Waals surface area contributed by atoms with E-state index in [1.807, 2.05) is 6.92 Å². The molecule has 0 spiro atoms. The fourth-order valence-electron chi connectivity index (χ4n) is 2.55. The maximum Gasteiger partial charge on any atom is 0.203 e. The average molecular weight is 251 g/mol. The number of hydrogen-bond donors (Lipinski definition) is 1. The first-order valence-corrected chi connectivity index (χ1v) is 6.83. The van der Waals surface area contributed by atoms with Crippen molar-refractivity contribution in [1.29, 1.82) is 0 Å². The minimum atomic E-state index is -0.0276. The number of aromatic nitrogens is 2. The molecule has 0 radical (unpaired) electrons. The van der Waals surface area contributed by atoms with Crippen molar-refractivity contribution in [3.05, 3.63) is 11.9 Å². The summed E-state index contributed by atoms with van der Waals surface area (Å²) in [6, 6.07) is 0.884. The van der Waals surface area contributed by atoms with Gasteiger partial charge in [-0.1, -0.05) is 0 Å². The van der Waals surface area contributed by atoms with Gasteiger partial charge in [-0.3, -0.25) is 0 Å². The lowest BCUT2D eigenvalue weighted by Gasteiger charge is -2.36. The van der Waals surface area contributed by atoms with Gasteiger partial charge in [0.15, 0.2) is 0 Å². The fraction of sp³-hybridized carbons (Fsp3) is 0.786. The van der Waals surface area contributed by atoms with E-state index in [0.29, 0.717) is 12.1 Å². The van der Waals surface area contributed by atoms with Gasteiger partial charge in [-0.25, -0.2) is 4.98 Å². The Bertz CT molecular complexity index is 409. The zero-order valence-electron chi connectivity index (χ0n) is 12.2. The zero-order valence-corrected chi connectivity index (χ0v) is 12.2. The molecule has 2 heterocycles. The number of nitrogens with zero attached hydrogens (tertiary/aromatic N) is 2. The van der Waals surface area contributed by atoms with Crippen LogP contribution in [0.3, 0.4) is 0 Å². The van der Waals surface area contributed by atoms with Crippen LogP contribution in [0.15, 0.2) is 6.20 Å². The van der Waals surface area contributed by atoms with Crippen LogP contribution in [-0.2, 0) is 4.74 Å². The van der Waals surface area contributed by atoms with Gasteiger partial charge in [-0.2, -0.15) is 0 Å². The molecule has 1 aliphatic rings. The average Bonchev–Trinajstić information content (AvgIpc) is 2.58. The van der Waals surface area contributed by atoms with Gasteiger partial charge in [-0.05, 0) is 47.5 Å². The highest BCUT2D eigenvalue weighted by atomic mass is 16.5. The van der Waals surface area contributed by atoms with E-state index in [9.17, 15) is 0 Å². The Hall–Kier alpha value is -1.03. The molecule has 1 aromatic heterocycles. The van der Waals surface area contributed by atoms with Crippen LogP contribution in [0, 0.1) is 6.92 Å². The standard InChI is InChI=1S/C14H25N3O/c1-10(2)17-9-11(3)15-13(17)16-12-6-7-18-14(4,5)8-12/h9-10,12H,6-8H2,1-5H3,(H,15,16). The summed E-state index contributed by atoms with van der Waals surface area (Å²) in [5.74, 6) is 0.991. The number of aryl methyl sites for hydroxylation is 1. The normalized spacial score (nSPS) is 23.3. The van der Waals surface area contributed by atoms with Crippen molar-refractivity contribution in [2.24, 2.45) is 0 Å². The number of anilines is 1. The molecule has 1 N–H and O–H groups in total. The Balaban J connectivity index is 2.09. The minimum absolute atomic E-state index is 0.0276. The fourth-order valence-corrected chi connectivity index (χ4v) is 2.55. The van der Waals surface area contributed by atoms with E-state index in [0.717, 1.165) is 31.1 Å². The molecule has 18 heavy (non-hydrogen) atoms. The number of hydrogen-bond acceptors (Lipinski definition) is 3. The number of imidazole rings is 1. The van der Waals surface area contributed by atoms with E-state index in [4.69, 9.17) is 4.74 Å². The summed E-state index contributed by atoms with van der Waals surface area (Å²) >= 11 is 0. The minimum Gasteiger partial charge on any atom is -0.375 e. The summed E-state index contributed by atoms with van der Waals surface area (Å²) in [4.78, 5) is 4.58. The Morgan fingerprint density at radius 2 is 2.22 bits per heavy atom. The molecule has 0 aliphatic carbocycles. The van der Waals surface area contributed by atoms with Crippen LogP contribution in [-0.4, -0.2) is 27.8 Å². The summed E-state index contributed by atoms with van der Waals surface area (Å²) in [7, 11) is 0. The van der Waals surface area contributed by atoms with Crippen LogP contribution in [0.5, 0.6) is 0 Å². The maximum atomic E-state index is 5.75. The zero-order chi connectivity index (χ0) is 13.3. The molecule has 102 valence electrons. The second-order valence-electron chi connectivity index (χ2n) is 6.15. The van der Waals surface area contributed by atoms with E-state index < -0.39 is 0 Å². The third kappa shape index (κ3) is 3.05. The van der Waals surface area contributed by atoms with Crippen molar-refractivity contribution in [2.45, 2.75) is 65.1 Å². The Labute approximate surface area is 110 Å². The quantitative estimate of drug-likeness (QED) is 0.897. The van der Waals surface area contributed by atoms with Crippen molar-refractivity contribution >= 4 is 5.95 Å². The topological polar surface area (TPSA) is 39.1 Å². The molecule has 0 saturated carbocycles. The SMILES string of the molecule is Cc1cn(C(C)C)c(NC2CCOC(C)(C)C2)n1. The highest BCUT2D eigenvalue weighted by Gasteiger charge is 2.29. The van der Waals surface area contributed by atoms with Crippen LogP contribution < -0.4 is 5.32 Å². The molecule has 1 aromatic rings. The highest BCUT2D eigenvalue weighted by molar-refractivity contribution is 5.31. The van der Waals surface area contributed by atoms with Gasteiger partial charge in [0.05, 0.1) is 11.3 Å². The Morgan fingerprint density at radius 1 is 1.50 bits per heavy atom. The van der Waals surface area contributed by atoms with Crippen LogP contribution in [0.1, 0.15) is 52.3 Å². The molecule has 1 unspecified atom stereocenters. The summed E-state index contributed by atoms with van der Waals surface area (Å²) in [5.41, 5.74) is 1.04. The molecule has 1 saturated heterocycles. The summed E-state index contributed by atoms with van der Waals surface area (Å²) in [6.45, 7) is 11.5. The van der Waals surface area contributed by atoms with Crippen molar-refractivity contribution in [1.82, 2.24) is 9.55 Å². The third-order valence-corrected chi connectivity index (χ3v) is 3.44. The number of nitrogens with one attached hydrogen (secondary N) is 1. The highest BCUT2D eigenvalue weighted by Crippen LogP contribution is 2.27. The molecule has 1 atom stereocenters. The predicted octanol–water partition coefficient (Wildman–Crippen LogP) is 3.14. The third-order valence-electron chi connectivity index (χ3n) is 3.44. The van der Waals surface area contributed by atoms with Crippen molar-refractivity contribution < 1.29 is 4.74 Å². The first-order chi connectivity index (χ1) is 8.37. The van der Waals surface area contributed by atoms with Crippen molar-refractivity contribution in [3.8, 4) is 0 Å². The molecule has 0 aromatic carbocycles. The lowest BCUT2D eigenvalue weighted by Crippen LogP contribution is -2.40. The Kier molecular flexibility index (Phi) is 3.66. The van der Waals surface area contributed by atoms with Gasteiger partial charge >= 0.3 is 0 Å². The van der Waals surface area contributed by atoms with E-state index in [2.05, 4.69) is 48.8 Å². The van der Waals surface area contributed by atoms with Crippen LogP contribution in [0.2, 0.25) is 0 Å². The smallest absolute Gasteiger partial charge is 0.203 e.